The Labute approximate surface area is 229 Å². The van der Waals surface area contributed by atoms with E-state index in [4.69, 9.17) is 14.6 Å². The van der Waals surface area contributed by atoms with E-state index in [1.807, 2.05) is 18.2 Å². The first-order valence-corrected chi connectivity index (χ1v) is 13.6. The fourth-order valence-electron chi connectivity index (χ4n) is 4.59. The number of carboxylic acids is 1. The molecule has 0 aliphatic heterocycles. The lowest BCUT2D eigenvalue weighted by atomic mass is 9.90. The van der Waals surface area contributed by atoms with Gasteiger partial charge in [-0.25, -0.2) is 18.6 Å². The van der Waals surface area contributed by atoms with Crippen LogP contribution >= 0.6 is 11.3 Å². The minimum absolute atomic E-state index is 0.238. The number of anilines is 1. The number of hydrogen-bond donors (Lipinski definition) is 2. The second kappa shape index (κ2) is 12.9. The number of amides is 1. The molecule has 0 atom stereocenters. The summed E-state index contributed by atoms with van der Waals surface area (Å²) in [6, 6.07) is 7.40. The Balaban J connectivity index is 1.46. The number of carboxylic acid groups (broad SMARTS) is 1. The maximum Gasteiger partial charge on any atom is 0.331 e. The zero-order valence-corrected chi connectivity index (χ0v) is 22.6. The summed E-state index contributed by atoms with van der Waals surface area (Å²) in [6.45, 7) is 2.35. The molecule has 39 heavy (non-hydrogen) atoms. The third kappa shape index (κ3) is 7.07. The van der Waals surface area contributed by atoms with Crippen LogP contribution in [0.3, 0.4) is 0 Å². The van der Waals surface area contributed by atoms with E-state index >= 15 is 0 Å². The molecule has 3 aromatic rings. The number of halogens is 2. The Morgan fingerprint density at radius 3 is 2.56 bits per heavy atom. The normalized spacial score (nSPS) is 14.3. The van der Waals surface area contributed by atoms with Gasteiger partial charge in [-0.3, -0.25) is 10.1 Å². The molecule has 7 nitrogen and oxygen atoms in total. The number of methoxy groups -OCH3 is 1. The summed E-state index contributed by atoms with van der Waals surface area (Å²) in [4.78, 5) is 28.2. The van der Waals surface area contributed by atoms with E-state index in [2.05, 4.69) is 10.3 Å². The molecule has 1 aromatic heterocycles. The number of rotatable bonds is 10. The summed E-state index contributed by atoms with van der Waals surface area (Å²) in [5, 5.41) is 13.5. The Morgan fingerprint density at radius 1 is 1.18 bits per heavy atom. The van der Waals surface area contributed by atoms with Crippen molar-refractivity contribution in [1.82, 2.24) is 4.98 Å². The van der Waals surface area contributed by atoms with Gasteiger partial charge in [0.05, 0.1) is 19.4 Å². The summed E-state index contributed by atoms with van der Waals surface area (Å²) < 4.78 is 40.7. The predicted octanol–water partition coefficient (Wildman–Crippen LogP) is 6.93. The second-order valence-electron chi connectivity index (χ2n) is 9.50. The highest BCUT2D eigenvalue weighted by atomic mass is 32.1. The summed E-state index contributed by atoms with van der Waals surface area (Å²) in [5.74, 6) is -2.92. The molecule has 1 fully saturated rings. The van der Waals surface area contributed by atoms with E-state index in [1.54, 1.807) is 12.5 Å². The van der Waals surface area contributed by atoms with E-state index in [1.165, 1.54) is 39.0 Å². The Bertz CT molecular complexity index is 1360. The lowest BCUT2D eigenvalue weighted by Crippen LogP contribution is -2.13. The number of ether oxygens (including phenoxy) is 2. The number of aliphatic carboxylic acids is 1. The van der Waals surface area contributed by atoms with Crippen molar-refractivity contribution >= 4 is 34.4 Å². The molecular weight excluding hydrogens is 526 g/mol. The average molecular weight is 557 g/mol. The second-order valence-corrected chi connectivity index (χ2v) is 10.4. The summed E-state index contributed by atoms with van der Waals surface area (Å²) >= 11 is 1.16. The minimum atomic E-state index is -1.30. The molecule has 0 saturated heterocycles. The predicted molar refractivity (Wildman–Crippen MR) is 146 cm³/mol. The van der Waals surface area contributed by atoms with Crippen LogP contribution in [0.25, 0.3) is 17.3 Å². The summed E-state index contributed by atoms with van der Waals surface area (Å²) in [5.41, 5.74) is 1.16. The van der Waals surface area contributed by atoms with E-state index in [-0.39, 0.29) is 16.3 Å². The topological polar surface area (TPSA) is 97.8 Å². The van der Waals surface area contributed by atoms with Gasteiger partial charge in [-0.2, -0.15) is 0 Å². The van der Waals surface area contributed by atoms with Gasteiger partial charge in [-0.05, 0) is 50.0 Å². The lowest BCUT2D eigenvalue weighted by Gasteiger charge is -2.21. The molecule has 1 aliphatic rings. The number of para-hydroxylation sites is 1. The zero-order valence-electron chi connectivity index (χ0n) is 21.8. The van der Waals surface area contributed by atoms with Gasteiger partial charge >= 0.3 is 5.97 Å². The van der Waals surface area contributed by atoms with Crippen LogP contribution in [0.4, 0.5) is 13.9 Å². The zero-order chi connectivity index (χ0) is 27.9. The van der Waals surface area contributed by atoms with Crippen LogP contribution in [0.2, 0.25) is 0 Å². The maximum atomic E-state index is 14.5. The highest BCUT2D eigenvalue weighted by molar-refractivity contribution is 7.14. The fourth-order valence-corrected chi connectivity index (χ4v) is 5.29. The maximum absolute atomic E-state index is 14.5. The first kappa shape index (κ1) is 28.4. The van der Waals surface area contributed by atoms with Crippen molar-refractivity contribution in [3.63, 3.8) is 0 Å². The van der Waals surface area contributed by atoms with Crippen LogP contribution in [0.5, 0.6) is 5.75 Å². The highest BCUT2D eigenvalue weighted by Gasteiger charge is 2.19. The van der Waals surface area contributed by atoms with Crippen LogP contribution in [0.15, 0.2) is 41.3 Å². The van der Waals surface area contributed by atoms with Crippen LogP contribution < -0.4 is 10.1 Å². The van der Waals surface area contributed by atoms with Crippen molar-refractivity contribution in [2.75, 3.05) is 19.0 Å². The van der Waals surface area contributed by atoms with Crippen molar-refractivity contribution in [2.24, 2.45) is 5.92 Å². The number of aromatic nitrogens is 1. The number of nitrogens with zero attached hydrogens (tertiary/aromatic N) is 1. The van der Waals surface area contributed by atoms with Crippen molar-refractivity contribution in [1.29, 1.82) is 0 Å². The van der Waals surface area contributed by atoms with E-state index < -0.39 is 29.1 Å². The number of carbonyl (C=O) groups excluding carboxylic acids is 1. The van der Waals surface area contributed by atoms with Crippen molar-refractivity contribution in [2.45, 2.75) is 45.6 Å². The number of benzene rings is 2. The van der Waals surface area contributed by atoms with Crippen LogP contribution in [-0.2, 0) is 16.1 Å². The van der Waals surface area contributed by atoms with Gasteiger partial charge in [0.1, 0.15) is 17.4 Å². The van der Waals surface area contributed by atoms with E-state index in [9.17, 15) is 18.4 Å². The molecule has 1 aliphatic carbocycles. The van der Waals surface area contributed by atoms with Crippen molar-refractivity contribution < 1.29 is 33.0 Å². The molecule has 10 heteroatoms. The Morgan fingerprint density at radius 2 is 1.90 bits per heavy atom. The molecule has 0 spiro atoms. The van der Waals surface area contributed by atoms with Crippen LogP contribution in [0.1, 0.15) is 60.5 Å². The molecule has 1 saturated carbocycles. The van der Waals surface area contributed by atoms with Crippen molar-refractivity contribution in [3.05, 3.63) is 69.6 Å². The largest absolute Gasteiger partial charge is 0.496 e. The fraction of sp³-hybridized carbons (Fsp3) is 0.345. The molecular formula is C29H30F2N2O5S. The van der Waals surface area contributed by atoms with E-state index in [0.717, 1.165) is 47.3 Å². The third-order valence-electron chi connectivity index (χ3n) is 6.68. The average Bonchev–Trinajstić information content (AvgIpc) is 3.39. The summed E-state index contributed by atoms with van der Waals surface area (Å²) in [7, 11) is 1.58. The van der Waals surface area contributed by atoms with Crippen LogP contribution in [-0.4, -0.2) is 35.7 Å². The molecule has 1 heterocycles. The van der Waals surface area contributed by atoms with Gasteiger partial charge in [-0.1, -0.05) is 31.4 Å². The SMILES string of the molecule is COc1c(COCC2CCCCC2)cccc1-c1csc(NC(=O)c2cc(F)c(C=C(C)C(=O)O)c(F)c2)n1. The molecule has 4 rings (SSSR count). The van der Waals surface area contributed by atoms with Gasteiger partial charge in [0.25, 0.3) is 5.91 Å². The Hall–Kier alpha value is -3.63. The van der Waals surface area contributed by atoms with Gasteiger partial charge in [-0.15, -0.1) is 11.3 Å². The number of thiazole rings is 1. The molecule has 0 unspecified atom stereocenters. The van der Waals surface area contributed by atoms with Gasteiger partial charge < -0.3 is 14.6 Å². The first-order valence-electron chi connectivity index (χ1n) is 12.7. The molecule has 1 amide bonds. The quantitative estimate of drug-likeness (QED) is 0.263. The van der Waals surface area contributed by atoms with Gasteiger partial charge in [0.15, 0.2) is 5.13 Å². The molecule has 206 valence electrons. The smallest absolute Gasteiger partial charge is 0.331 e. The molecule has 0 bridgehead atoms. The van der Waals surface area contributed by atoms with Gasteiger partial charge in [0.2, 0.25) is 0 Å². The first-order chi connectivity index (χ1) is 18.8. The van der Waals surface area contributed by atoms with E-state index in [0.29, 0.717) is 24.0 Å². The number of carbonyl (C=O) groups is 2. The van der Waals surface area contributed by atoms with Crippen LogP contribution in [0, 0.1) is 17.6 Å². The lowest BCUT2D eigenvalue weighted by molar-refractivity contribution is -0.132. The molecule has 0 radical (unpaired) electrons. The Kier molecular flexibility index (Phi) is 9.42. The van der Waals surface area contributed by atoms with Crippen molar-refractivity contribution in [3.8, 4) is 17.0 Å². The number of nitrogens with one attached hydrogen (secondary N) is 1. The number of hydrogen-bond acceptors (Lipinski definition) is 6. The standard InChI is InChI=1S/C29H30F2N2O5S/c1-17(28(35)36)11-22-23(30)12-20(13-24(22)31)27(34)33-29-32-25(16-39-29)21-10-6-9-19(26(21)37-2)15-38-14-18-7-4-3-5-8-18/h6,9-13,16,18H,3-5,7-8,14-15H2,1-2H3,(H,35,36)(H,32,33,34). The highest BCUT2D eigenvalue weighted by Crippen LogP contribution is 2.35. The monoisotopic (exact) mass is 556 g/mol. The molecule has 2 N–H and O–H groups in total. The summed E-state index contributed by atoms with van der Waals surface area (Å²) in [6.07, 6.45) is 7.10. The molecule has 2 aromatic carbocycles. The van der Waals surface area contributed by atoms with Gasteiger partial charge in [0, 0.05) is 39.8 Å². The minimum Gasteiger partial charge on any atom is -0.496 e. The third-order valence-corrected chi connectivity index (χ3v) is 7.43.